The highest BCUT2D eigenvalue weighted by Crippen LogP contribution is 1.76. The van der Waals surface area contributed by atoms with Crippen LogP contribution >= 0.6 is 0 Å². The minimum atomic E-state index is -0.912. The molecule has 0 aliphatic heterocycles. The molecule has 5 nitrogen and oxygen atoms in total. The number of primary amides is 1. The molecule has 0 radical (unpaired) electrons. The van der Waals surface area contributed by atoms with Gasteiger partial charge >= 0.3 is 6.03 Å². The Bertz CT molecular complexity index is 271. The van der Waals surface area contributed by atoms with Crippen LogP contribution in [0, 0.1) is 0 Å². The van der Waals surface area contributed by atoms with Crippen molar-refractivity contribution in [2.45, 2.75) is 0 Å². The lowest BCUT2D eigenvalue weighted by molar-refractivity contribution is 0.217. The summed E-state index contributed by atoms with van der Waals surface area (Å²) in [5.41, 5.74) is 4.14. The fraction of sp³-hybridized carbons (Fsp3) is 0. The van der Waals surface area contributed by atoms with Gasteiger partial charge in [0.2, 0.25) is 0 Å². The number of carbonyl (C=O) groups excluding carboxylic acids is 1. The van der Waals surface area contributed by atoms with Crippen LogP contribution in [0.4, 0.5) is 4.79 Å². The van der Waals surface area contributed by atoms with Crippen LogP contribution in [-0.2, 0) is 0 Å². The Labute approximate surface area is 49.6 Å². The Hall–Kier alpha value is -1.52. The number of aromatic nitrogens is 1. The van der Waals surface area contributed by atoms with Crippen LogP contribution in [0.25, 0.3) is 0 Å². The number of rotatable bonds is 0. The van der Waals surface area contributed by atoms with Crippen molar-refractivity contribution in [3.63, 3.8) is 0 Å². The van der Waals surface area contributed by atoms with Gasteiger partial charge in [-0.05, 0) is 0 Å². The van der Waals surface area contributed by atoms with Crippen molar-refractivity contribution >= 4 is 6.03 Å². The van der Waals surface area contributed by atoms with Crippen molar-refractivity contribution in [1.29, 1.82) is 0 Å². The lowest BCUT2D eigenvalue weighted by atomic mass is 10.7. The van der Waals surface area contributed by atoms with Crippen LogP contribution in [0.15, 0.2) is 21.6 Å². The van der Waals surface area contributed by atoms with E-state index in [0.29, 0.717) is 4.74 Å². The molecule has 0 unspecified atom stereocenters. The molecule has 0 bridgehead atoms. The second-order valence-electron chi connectivity index (χ2n) is 1.38. The Morgan fingerprint density at radius 2 is 2.44 bits per heavy atom. The van der Waals surface area contributed by atoms with E-state index in [2.05, 4.69) is 10.3 Å². The standard InChI is InChI=1S/C4H4N2O3/c5-4(8)6-3(7)1-2-9-6/h1-2H,(H2,5,8). The zero-order chi connectivity index (χ0) is 6.85. The molecule has 9 heavy (non-hydrogen) atoms. The number of carbonyl (C=O) groups is 1. The van der Waals surface area contributed by atoms with Gasteiger partial charge in [0.15, 0.2) is 0 Å². The first-order valence-electron chi connectivity index (χ1n) is 2.18. The van der Waals surface area contributed by atoms with Crippen LogP contribution in [0.2, 0.25) is 0 Å². The summed E-state index contributed by atoms with van der Waals surface area (Å²) in [5.74, 6) is 0. The van der Waals surface area contributed by atoms with Gasteiger partial charge < -0.3 is 10.3 Å². The summed E-state index contributed by atoms with van der Waals surface area (Å²) >= 11 is 0. The molecule has 1 amide bonds. The number of hydrogen-bond acceptors (Lipinski definition) is 3. The second-order valence-corrected chi connectivity index (χ2v) is 1.38. The molecule has 0 saturated heterocycles. The van der Waals surface area contributed by atoms with Crippen LogP contribution in [-0.4, -0.2) is 10.8 Å². The Kier molecular flexibility index (Phi) is 1.11. The summed E-state index contributed by atoms with van der Waals surface area (Å²) in [5, 5.41) is 0. The SMILES string of the molecule is NC(=O)n1occc1=O. The molecule has 0 saturated carbocycles. The van der Waals surface area contributed by atoms with Crippen LogP contribution in [0.3, 0.4) is 0 Å². The average molecular weight is 128 g/mol. The summed E-state index contributed by atoms with van der Waals surface area (Å²) in [7, 11) is 0. The Morgan fingerprint density at radius 3 is 2.67 bits per heavy atom. The Morgan fingerprint density at radius 1 is 1.78 bits per heavy atom. The smallest absolute Gasteiger partial charge is 0.355 e. The third-order valence-corrected chi connectivity index (χ3v) is 0.777. The number of amides is 1. The number of hydrogen-bond donors (Lipinski definition) is 1. The van der Waals surface area contributed by atoms with Gasteiger partial charge in [0, 0.05) is 6.07 Å². The lowest BCUT2D eigenvalue weighted by Crippen LogP contribution is -2.27. The first kappa shape index (κ1) is 5.61. The van der Waals surface area contributed by atoms with Crippen molar-refractivity contribution in [3.05, 3.63) is 22.7 Å². The van der Waals surface area contributed by atoms with E-state index in [4.69, 9.17) is 0 Å². The molecule has 1 heterocycles. The molecular formula is C4H4N2O3. The lowest BCUT2D eigenvalue weighted by Gasteiger charge is -1.85. The topological polar surface area (TPSA) is 78.2 Å². The third-order valence-electron chi connectivity index (χ3n) is 0.777. The van der Waals surface area contributed by atoms with Gasteiger partial charge in [-0.25, -0.2) is 4.79 Å². The van der Waals surface area contributed by atoms with Gasteiger partial charge in [0.1, 0.15) is 6.26 Å². The summed E-state index contributed by atoms with van der Waals surface area (Å²) in [6, 6.07) is 0.190. The van der Waals surface area contributed by atoms with Gasteiger partial charge in [-0.15, -0.1) is 0 Å². The number of nitrogens with two attached hydrogens (primary N) is 1. The van der Waals surface area contributed by atoms with Crippen molar-refractivity contribution in [1.82, 2.24) is 4.74 Å². The average Bonchev–Trinajstić information content (AvgIpc) is 2.13. The normalized spacial score (nSPS) is 9.33. The van der Waals surface area contributed by atoms with E-state index in [1.165, 1.54) is 0 Å². The molecule has 0 fully saturated rings. The Balaban J connectivity index is 3.24. The summed E-state index contributed by atoms with van der Waals surface area (Å²) in [4.78, 5) is 20.6. The first-order chi connectivity index (χ1) is 4.22. The quantitative estimate of drug-likeness (QED) is 0.505. The van der Waals surface area contributed by atoms with Gasteiger partial charge in [-0.1, -0.05) is 4.74 Å². The maximum atomic E-state index is 10.4. The molecule has 1 aromatic heterocycles. The zero-order valence-corrected chi connectivity index (χ0v) is 4.40. The zero-order valence-electron chi connectivity index (χ0n) is 4.40. The minimum absolute atomic E-state index is 0.458. The molecule has 0 spiro atoms. The molecule has 0 atom stereocenters. The number of nitrogens with zero attached hydrogens (tertiary/aromatic N) is 1. The van der Waals surface area contributed by atoms with E-state index in [0.717, 1.165) is 12.3 Å². The molecule has 0 aliphatic rings. The molecule has 1 aromatic rings. The summed E-state index contributed by atoms with van der Waals surface area (Å²) in [6.45, 7) is 0. The summed E-state index contributed by atoms with van der Waals surface area (Å²) in [6.07, 6.45) is 1.09. The van der Waals surface area contributed by atoms with Crippen molar-refractivity contribution in [3.8, 4) is 0 Å². The monoisotopic (exact) mass is 128 g/mol. The molecule has 1 rings (SSSR count). The first-order valence-corrected chi connectivity index (χ1v) is 2.18. The van der Waals surface area contributed by atoms with E-state index in [1.54, 1.807) is 0 Å². The fourth-order valence-electron chi connectivity index (χ4n) is 0.430. The van der Waals surface area contributed by atoms with Gasteiger partial charge in [0.05, 0.1) is 0 Å². The summed E-state index contributed by atoms with van der Waals surface area (Å²) < 4.78 is 4.81. The van der Waals surface area contributed by atoms with Gasteiger partial charge in [-0.2, -0.15) is 0 Å². The predicted octanol–water partition coefficient (Wildman–Crippen LogP) is -0.632. The van der Waals surface area contributed by atoms with Crippen molar-refractivity contribution < 1.29 is 9.32 Å². The van der Waals surface area contributed by atoms with Crippen molar-refractivity contribution in [2.24, 2.45) is 5.73 Å². The molecule has 5 heteroatoms. The molecular weight excluding hydrogens is 124 g/mol. The fourth-order valence-corrected chi connectivity index (χ4v) is 0.430. The van der Waals surface area contributed by atoms with E-state index in [-0.39, 0.29) is 0 Å². The van der Waals surface area contributed by atoms with E-state index in [9.17, 15) is 9.59 Å². The van der Waals surface area contributed by atoms with Gasteiger partial charge in [0.25, 0.3) is 5.56 Å². The van der Waals surface area contributed by atoms with Gasteiger partial charge in [-0.3, -0.25) is 4.79 Å². The van der Waals surface area contributed by atoms with Crippen LogP contribution < -0.4 is 11.3 Å². The van der Waals surface area contributed by atoms with Crippen molar-refractivity contribution in [2.75, 3.05) is 0 Å². The maximum absolute atomic E-state index is 10.4. The van der Waals surface area contributed by atoms with Crippen LogP contribution in [0.1, 0.15) is 0 Å². The highest BCUT2D eigenvalue weighted by molar-refractivity contribution is 5.72. The third kappa shape index (κ3) is 0.835. The largest absolute Gasteiger partial charge is 0.375 e. The predicted molar refractivity (Wildman–Crippen MR) is 27.9 cm³/mol. The molecule has 2 N–H and O–H groups in total. The van der Waals surface area contributed by atoms with Crippen LogP contribution in [0.5, 0.6) is 0 Å². The molecule has 48 valence electrons. The highest BCUT2D eigenvalue weighted by atomic mass is 16.5. The second kappa shape index (κ2) is 1.77. The minimum Gasteiger partial charge on any atom is -0.375 e. The molecule has 0 aromatic carbocycles. The van der Waals surface area contributed by atoms with E-state index in [1.807, 2.05) is 0 Å². The highest BCUT2D eigenvalue weighted by Gasteiger charge is 2.01. The van der Waals surface area contributed by atoms with E-state index < -0.39 is 11.6 Å². The van der Waals surface area contributed by atoms with E-state index >= 15 is 0 Å². The molecule has 0 aliphatic carbocycles. The maximum Gasteiger partial charge on any atom is 0.355 e.